The molecule has 1 atom stereocenters. The van der Waals surface area contributed by atoms with E-state index in [0.29, 0.717) is 11.8 Å². The molecule has 118 valence electrons. The van der Waals surface area contributed by atoms with Crippen molar-refractivity contribution < 1.29 is 9.21 Å². The third-order valence-electron chi connectivity index (χ3n) is 3.42. The average Bonchev–Trinajstić information content (AvgIpc) is 2.87. The SMILES string of the molecule is Cc1nnc(C(C)N(C)CC(=O)Nc2ccc(Br)cc2C)o1. The number of nitrogens with one attached hydrogen (secondary N) is 1. The van der Waals surface area contributed by atoms with Crippen molar-refractivity contribution in [2.75, 3.05) is 18.9 Å². The highest BCUT2D eigenvalue weighted by atomic mass is 79.9. The maximum Gasteiger partial charge on any atom is 0.238 e. The molecule has 1 amide bonds. The molecule has 0 radical (unpaired) electrons. The van der Waals surface area contributed by atoms with Gasteiger partial charge in [-0.1, -0.05) is 15.9 Å². The molecule has 0 bridgehead atoms. The molecule has 0 aliphatic heterocycles. The fourth-order valence-corrected chi connectivity index (χ4v) is 2.47. The van der Waals surface area contributed by atoms with Crippen LogP contribution in [0.2, 0.25) is 0 Å². The summed E-state index contributed by atoms with van der Waals surface area (Å²) in [6.45, 7) is 5.85. The Kier molecular flexibility index (Phi) is 5.31. The number of nitrogens with zero attached hydrogens (tertiary/aromatic N) is 3. The number of carbonyl (C=O) groups is 1. The summed E-state index contributed by atoms with van der Waals surface area (Å²) in [5, 5.41) is 10.7. The summed E-state index contributed by atoms with van der Waals surface area (Å²) in [5.74, 6) is 0.939. The molecule has 0 saturated heterocycles. The van der Waals surface area contributed by atoms with Crippen LogP contribution in [0.3, 0.4) is 0 Å². The number of benzene rings is 1. The van der Waals surface area contributed by atoms with Crippen molar-refractivity contribution in [1.82, 2.24) is 15.1 Å². The van der Waals surface area contributed by atoms with Gasteiger partial charge in [-0.25, -0.2) is 0 Å². The predicted octanol–water partition coefficient (Wildman–Crippen LogP) is 3.08. The van der Waals surface area contributed by atoms with Gasteiger partial charge in [-0.15, -0.1) is 10.2 Å². The van der Waals surface area contributed by atoms with E-state index in [1.54, 1.807) is 6.92 Å². The highest BCUT2D eigenvalue weighted by molar-refractivity contribution is 9.10. The molecular formula is C15H19BrN4O2. The second kappa shape index (κ2) is 7.02. The first-order chi connectivity index (χ1) is 10.4. The minimum atomic E-state index is -0.127. The molecule has 6 nitrogen and oxygen atoms in total. The van der Waals surface area contributed by atoms with Gasteiger partial charge in [0.05, 0.1) is 12.6 Å². The predicted molar refractivity (Wildman–Crippen MR) is 87.6 cm³/mol. The van der Waals surface area contributed by atoms with E-state index in [4.69, 9.17) is 4.42 Å². The molecule has 0 fully saturated rings. The number of halogens is 1. The molecule has 2 rings (SSSR count). The fourth-order valence-electron chi connectivity index (χ4n) is 1.99. The van der Waals surface area contributed by atoms with E-state index in [1.165, 1.54) is 0 Å². The lowest BCUT2D eigenvalue weighted by Gasteiger charge is -2.21. The van der Waals surface area contributed by atoms with E-state index in [0.717, 1.165) is 15.7 Å². The van der Waals surface area contributed by atoms with Crippen LogP contribution in [-0.4, -0.2) is 34.6 Å². The van der Waals surface area contributed by atoms with Crippen LogP contribution in [0.1, 0.15) is 30.3 Å². The summed E-state index contributed by atoms with van der Waals surface area (Å²) in [7, 11) is 1.85. The van der Waals surface area contributed by atoms with Gasteiger partial charge < -0.3 is 9.73 Å². The Hall–Kier alpha value is -1.73. The number of anilines is 1. The van der Waals surface area contributed by atoms with Gasteiger partial charge in [-0.2, -0.15) is 0 Å². The number of likely N-dealkylation sites (N-methyl/N-ethyl adjacent to an activating group) is 1. The first kappa shape index (κ1) is 16.6. The summed E-state index contributed by atoms with van der Waals surface area (Å²) < 4.78 is 6.38. The molecular weight excluding hydrogens is 348 g/mol. The van der Waals surface area contributed by atoms with E-state index >= 15 is 0 Å². The van der Waals surface area contributed by atoms with Gasteiger partial charge in [0.25, 0.3) is 0 Å². The summed E-state index contributed by atoms with van der Waals surface area (Å²) in [6.07, 6.45) is 0. The Balaban J connectivity index is 1.96. The van der Waals surface area contributed by atoms with E-state index in [2.05, 4.69) is 31.4 Å². The van der Waals surface area contributed by atoms with E-state index in [1.807, 2.05) is 44.0 Å². The first-order valence-electron chi connectivity index (χ1n) is 6.93. The Labute approximate surface area is 138 Å². The number of aryl methyl sites for hydroxylation is 2. The first-order valence-corrected chi connectivity index (χ1v) is 7.72. The highest BCUT2D eigenvalue weighted by Gasteiger charge is 2.20. The lowest BCUT2D eigenvalue weighted by Crippen LogP contribution is -2.32. The normalized spacial score (nSPS) is 12.5. The average molecular weight is 367 g/mol. The summed E-state index contributed by atoms with van der Waals surface area (Å²) in [5.41, 5.74) is 1.81. The number of rotatable bonds is 5. The monoisotopic (exact) mass is 366 g/mol. The zero-order valence-corrected chi connectivity index (χ0v) is 14.6. The van der Waals surface area contributed by atoms with Gasteiger partial charge in [0.1, 0.15) is 0 Å². The van der Waals surface area contributed by atoms with Crippen LogP contribution in [0.5, 0.6) is 0 Å². The van der Waals surface area contributed by atoms with E-state index < -0.39 is 0 Å². The van der Waals surface area contributed by atoms with Crippen LogP contribution in [0.4, 0.5) is 5.69 Å². The molecule has 1 unspecified atom stereocenters. The highest BCUT2D eigenvalue weighted by Crippen LogP contribution is 2.21. The molecule has 22 heavy (non-hydrogen) atoms. The van der Waals surface area contributed by atoms with Crippen molar-refractivity contribution in [2.45, 2.75) is 26.8 Å². The van der Waals surface area contributed by atoms with E-state index in [-0.39, 0.29) is 18.5 Å². The minimum absolute atomic E-state index is 0.0870. The lowest BCUT2D eigenvalue weighted by atomic mass is 10.2. The lowest BCUT2D eigenvalue weighted by molar-refractivity contribution is -0.117. The van der Waals surface area contributed by atoms with Gasteiger partial charge in [0.15, 0.2) is 0 Å². The molecule has 0 aliphatic rings. The maximum absolute atomic E-state index is 12.2. The van der Waals surface area contributed by atoms with Crippen molar-refractivity contribution >= 4 is 27.5 Å². The van der Waals surface area contributed by atoms with Crippen molar-refractivity contribution in [3.8, 4) is 0 Å². The second-order valence-electron chi connectivity index (χ2n) is 5.26. The third kappa shape index (κ3) is 4.14. The topological polar surface area (TPSA) is 71.3 Å². The van der Waals surface area contributed by atoms with Crippen molar-refractivity contribution in [3.63, 3.8) is 0 Å². The molecule has 0 saturated carbocycles. The van der Waals surface area contributed by atoms with Gasteiger partial charge in [-0.05, 0) is 44.7 Å². The smallest absolute Gasteiger partial charge is 0.238 e. The number of amides is 1. The standard InChI is InChI=1S/C15H19BrN4O2/c1-9-7-12(16)5-6-13(9)17-14(21)8-20(4)10(2)15-19-18-11(3)22-15/h5-7,10H,8H2,1-4H3,(H,17,21). The summed E-state index contributed by atoms with van der Waals surface area (Å²) in [4.78, 5) is 14.0. The summed E-state index contributed by atoms with van der Waals surface area (Å²) >= 11 is 3.41. The fraction of sp³-hybridized carbons (Fsp3) is 0.400. The Bertz CT molecular complexity index is 671. The Morgan fingerprint density at radius 2 is 2.14 bits per heavy atom. The zero-order valence-electron chi connectivity index (χ0n) is 13.1. The van der Waals surface area contributed by atoms with Crippen LogP contribution in [0.25, 0.3) is 0 Å². The third-order valence-corrected chi connectivity index (χ3v) is 3.91. The molecule has 1 N–H and O–H groups in total. The zero-order chi connectivity index (χ0) is 16.3. The van der Waals surface area contributed by atoms with Crippen LogP contribution in [0.15, 0.2) is 27.1 Å². The van der Waals surface area contributed by atoms with Crippen LogP contribution in [0, 0.1) is 13.8 Å². The van der Waals surface area contributed by atoms with Crippen LogP contribution in [-0.2, 0) is 4.79 Å². The molecule has 2 aromatic rings. The second-order valence-corrected chi connectivity index (χ2v) is 6.17. The number of hydrogen-bond donors (Lipinski definition) is 1. The van der Waals surface area contributed by atoms with Gasteiger partial charge >= 0.3 is 0 Å². The van der Waals surface area contributed by atoms with Crippen molar-refractivity contribution in [3.05, 3.63) is 40.0 Å². The van der Waals surface area contributed by atoms with E-state index in [9.17, 15) is 4.79 Å². The van der Waals surface area contributed by atoms with Gasteiger partial charge in [-0.3, -0.25) is 9.69 Å². The number of aromatic nitrogens is 2. The van der Waals surface area contributed by atoms with Gasteiger partial charge in [0, 0.05) is 17.1 Å². The minimum Gasteiger partial charge on any atom is -0.424 e. The molecule has 0 spiro atoms. The summed E-state index contributed by atoms with van der Waals surface area (Å²) in [6, 6.07) is 5.61. The molecule has 1 heterocycles. The largest absolute Gasteiger partial charge is 0.424 e. The van der Waals surface area contributed by atoms with Crippen molar-refractivity contribution in [1.29, 1.82) is 0 Å². The number of hydrogen-bond acceptors (Lipinski definition) is 5. The Morgan fingerprint density at radius 1 is 1.41 bits per heavy atom. The molecule has 0 aliphatic carbocycles. The molecule has 1 aromatic carbocycles. The number of carbonyl (C=O) groups excluding carboxylic acids is 1. The maximum atomic E-state index is 12.2. The van der Waals surface area contributed by atoms with Crippen LogP contribution < -0.4 is 5.32 Å². The van der Waals surface area contributed by atoms with Crippen molar-refractivity contribution in [2.24, 2.45) is 0 Å². The molecule has 7 heteroatoms. The molecule has 1 aromatic heterocycles. The Morgan fingerprint density at radius 3 is 2.73 bits per heavy atom. The van der Waals surface area contributed by atoms with Gasteiger partial charge in [0.2, 0.25) is 17.7 Å². The van der Waals surface area contributed by atoms with Crippen LogP contribution >= 0.6 is 15.9 Å². The quantitative estimate of drug-likeness (QED) is 0.880.